The molecule has 3 saturated carbocycles. The van der Waals surface area contributed by atoms with Gasteiger partial charge in [-0.1, -0.05) is 74.5 Å². The van der Waals surface area contributed by atoms with Gasteiger partial charge in [-0.05, 0) is 73.2 Å². The number of hydrogen-bond donors (Lipinski definition) is 1. The smallest absolute Gasteiger partial charge is 0.405 e. The maximum atomic E-state index is 13.0. The van der Waals surface area contributed by atoms with E-state index in [-0.39, 0.29) is 30.4 Å². The number of carbonyl (C=O) groups excluding carboxylic acids is 1. The molecule has 2 bridgehead atoms. The Morgan fingerprint density at radius 2 is 1.62 bits per heavy atom. The van der Waals surface area contributed by atoms with Crippen LogP contribution in [-0.4, -0.2) is 30.6 Å². The van der Waals surface area contributed by atoms with Gasteiger partial charge in [0.15, 0.2) is 0 Å². The van der Waals surface area contributed by atoms with Gasteiger partial charge in [0.25, 0.3) is 0 Å². The van der Waals surface area contributed by atoms with Crippen LogP contribution >= 0.6 is 0 Å². The molecule has 0 aromatic heterocycles. The predicted octanol–water partition coefficient (Wildman–Crippen LogP) is 5.25. The average molecular weight is 459 g/mol. The van der Waals surface area contributed by atoms with Crippen molar-refractivity contribution in [3.8, 4) is 0 Å². The highest BCUT2D eigenvalue weighted by Gasteiger charge is 2.68. The monoisotopic (exact) mass is 459 g/mol. The van der Waals surface area contributed by atoms with E-state index in [0.717, 1.165) is 30.7 Å². The second-order valence-corrected chi connectivity index (χ2v) is 11.6. The summed E-state index contributed by atoms with van der Waals surface area (Å²) in [4.78, 5) is 13.0. The first-order chi connectivity index (χ1) is 16.3. The van der Waals surface area contributed by atoms with Crippen LogP contribution in [0.1, 0.15) is 57.6 Å². The van der Waals surface area contributed by atoms with Crippen LogP contribution in [0.25, 0.3) is 0 Å². The Hall–Kier alpha value is -1.95. The largest absolute Gasteiger partial charge is 0.461 e. The highest BCUT2D eigenvalue weighted by atomic mass is 16.7. The first-order valence-electron chi connectivity index (χ1n) is 13.0. The molecule has 0 radical (unpaired) electrons. The summed E-state index contributed by atoms with van der Waals surface area (Å²) in [6.45, 7) is 7.04. The van der Waals surface area contributed by atoms with Crippen molar-refractivity contribution in [2.24, 2.45) is 23.0 Å². The molecule has 34 heavy (non-hydrogen) atoms. The fourth-order valence-electron chi connectivity index (χ4n) is 6.85. The van der Waals surface area contributed by atoms with Crippen molar-refractivity contribution < 1.29 is 14.1 Å². The van der Waals surface area contributed by atoms with Gasteiger partial charge in [0.1, 0.15) is 5.78 Å². The van der Waals surface area contributed by atoms with Gasteiger partial charge in [-0.25, -0.2) is 0 Å². The molecule has 4 nitrogen and oxygen atoms in total. The molecule has 3 unspecified atom stereocenters. The molecule has 1 aliphatic heterocycles. The Kier molecular flexibility index (Phi) is 6.47. The summed E-state index contributed by atoms with van der Waals surface area (Å²) < 4.78 is 13.4. The normalized spacial score (nSPS) is 30.8. The van der Waals surface area contributed by atoms with Gasteiger partial charge in [0, 0.05) is 6.42 Å². The summed E-state index contributed by atoms with van der Waals surface area (Å²) in [5.74, 6) is 1.50. The van der Waals surface area contributed by atoms with Gasteiger partial charge >= 0.3 is 7.12 Å². The van der Waals surface area contributed by atoms with Crippen LogP contribution < -0.4 is 5.73 Å². The molecule has 0 amide bonds. The van der Waals surface area contributed by atoms with Gasteiger partial charge in [0.2, 0.25) is 0 Å². The van der Waals surface area contributed by atoms with E-state index in [1.807, 2.05) is 36.4 Å². The number of carbonyl (C=O) groups is 1. The van der Waals surface area contributed by atoms with Crippen LogP contribution in [0, 0.1) is 17.3 Å². The van der Waals surface area contributed by atoms with E-state index in [1.165, 1.54) is 12.0 Å². The minimum atomic E-state index is -0.474. The fraction of sp³-hybridized carbons (Fsp3) is 0.552. The van der Waals surface area contributed by atoms with Gasteiger partial charge in [-0.3, -0.25) is 4.79 Å². The van der Waals surface area contributed by atoms with Crippen molar-refractivity contribution in [2.75, 3.05) is 0 Å². The molecule has 4 aliphatic rings. The molecule has 2 aromatic carbocycles. The Morgan fingerprint density at radius 3 is 2.24 bits per heavy atom. The molecule has 6 rings (SSSR count). The predicted molar refractivity (Wildman–Crippen MR) is 136 cm³/mol. The molecule has 2 N–H and O–H groups in total. The van der Waals surface area contributed by atoms with Crippen LogP contribution in [0.15, 0.2) is 60.7 Å². The summed E-state index contributed by atoms with van der Waals surface area (Å²) in [5, 5.41) is 0. The van der Waals surface area contributed by atoms with Crippen molar-refractivity contribution in [3.05, 3.63) is 71.8 Å². The first kappa shape index (κ1) is 23.8. The van der Waals surface area contributed by atoms with E-state index in [9.17, 15) is 4.79 Å². The van der Waals surface area contributed by atoms with E-state index in [2.05, 4.69) is 45.0 Å². The molecule has 0 spiro atoms. The van der Waals surface area contributed by atoms with E-state index >= 15 is 0 Å². The zero-order valence-corrected chi connectivity index (χ0v) is 20.8. The Labute approximate surface area is 204 Å². The highest BCUT2D eigenvalue weighted by Crippen LogP contribution is 2.66. The van der Waals surface area contributed by atoms with Gasteiger partial charge in [-0.2, -0.15) is 0 Å². The highest BCUT2D eigenvalue weighted by molar-refractivity contribution is 6.47. The third-order valence-electron chi connectivity index (χ3n) is 9.17. The second kappa shape index (κ2) is 9.25. The zero-order valence-electron chi connectivity index (χ0n) is 20.8. The van der Waals surface area contributed by atoms with E-state index < -0.39 is 6.04 Å². The molecule has 4 fully saturated rings. The molecule has 5 heteroatoms. The molecule has 2 aromatic rings. The lowest BCUT2D eigenvalue weighted by molar-refractivity contribution is -0.199. The maximum Gasteiger partial charge on any atom is 0.461 e. The van der Waals surface area contributed by atoms with Crippen LogP contribution in [0.2, 0.25) is 5.82 Å². The van der Waals surface area contributed by atoms with Gasteiger partial charge in [0.05, 0.1) is 17.7 Å². The molecule has 180 valence electrons. The summed E-state index contributed by atoms with van der Waals surface area (Å²) in [5.41, 5.74) is 8.74. The quantitative estimate of drug-likeness (QED) is 0.521. The SMILES string of the molecule is CC1(C)C2CC3OB([C@H](CCC(=O)[C@@H](N)Cc4ccccc4)Cc4ccccc4)O[C@@]3(C)C1C2. The number of Topliss-reactive ketones (excluding diaryl/α,β-unsaturated/α-hetero) is 1. The summed E-state index contributed by atoms with van der Waals surface area (Å²) in [6.07, 6.45) is 5.07. The number of rotatable bonds is 9. The van der Waals surface area contributed by atoms with Crippen LogP contribution in [0.5, 0.6) is 0 Å². The summed E-state index contributed by atoms with van der Waals surface area (Å²) in [7, 11) is -0.275. The minimum absolute atomic E-state index is 0.118. The van der Waals surface area contributed by atoms with Crippen LogP contribution in [0.3, 0.4) is 0 Å². The Balaban J connectivity index is 1.27. The third-order valence-corrected chi connectivity index (χ3v) is 9.17. The Bertz CT molecular complexity index is 997. The van der Waals surface area contributed by atoms with Crippen molar-refractivity contribution in [1.82, 2.24) is 0 Å². The standard InChI is InChI=1S/C29H38BNO3/c1-28(2)22-18-26(28)29(3)27(19-22)33-30(34-29)23(16-20-10-6-4-7-11-20)14-15-25(32)24(31)17-21-12-8-5-9-13-21/h4-13,22-24,26-27H,14-19,31H2,1-3H3/t22?,23-,24+,26?,27?,29+/m1/s1. The molecule has 3 aliphatic carbocycles. The van der Waals surface area contributed by atoms with E-state index in [0.29, 0.717) is 24.2 Å². The van der Waals surface area contributed by atoms with E-state index in [4.69, 9.17) is 15.0 Å². The lowest BCUT2D eigenvalue weighted by Gasteiger charge is -2.64. The number of hydrogen-bond acceptors (Lipinski definition) is 4. The summed E-state index contributed by atoms with van der Waals surface area (Å²) >= 11 is 0. The van der Waals surface area contributed by atoms with Crippen molar-refractivity contribution in [2.45, 2.75) is 82.9 Å². The number of ketones is 1. The average Bonchev–Trinajstić information content (AvgIpc) is 3.19. The third kappa shape index (κ3) is 4.39. The molecular formula is C29H38BNO3. The second-order valence-electron chi connectivity index (χ2n) is 11.6. The lowest BCUT2D eigenvalue weighted by atomic mass is 9.43. The fourth-order valence-corrected chi connectivity index (χ4v) is 6.85. The van der Waals surface area contributed by atoms with Crippen LogP contribution in [0.4, 0.5) is 0 Å². The number of benzene rings is 2. The van der Waals surface area contributed by atoms with Crippen molar-refractivity contribution in [3.63, 3.8) is 0 Å². The lowest BCUT2D eigenvalue weighted by Crippen LogP contribution is -2.65. The van der Waals surface area contributed by atoms with Crippen LogP contribution in [-0.2, 0) is 26.9 Å². The van der Waals surface area contributed by atoms with E-state index in [1.54, 1.807) is 0 Å². The van der Waals surface area contributed by atoms with Crippen molar-refractivity contribution >= 4 is 12.9 Å². The molecule has 6 atom stereocenters. The van der Waals surface area contributed by atoms with Gasteiger partial charge < -0.3 is 15.0 Å². The topological polar surface area (TPSA) is 61.5 Å². The van der Waals surface area contributed by atoms with Gasteiger partial charge in [-0.15, -0.1) is 0 Å². The number of nitrogens with two attached hydrogens (primary N) is 1. The Morgan fingerprint density at radius 1 is 1.00 bits per heavy atom. The molecule has 1 saturated heterocycles. The van der Waals surface area contributed by atoms with Crippen molar-refractivity contribution in [1.29, 1.82) is 0 Å². The first-order valence-corrected chi connectivity index (χ1v) is 13.0. The zero-order chi connectivity index (χ0) is 23.9. The molecular weight excluding hydrogens is 421 g/mol. The maximum absolute atomic E-state index is 13.0. The minimum Gasteiger partial charge on any atom is -0.405 e. The molecule has 1 heterocycles. The summed E-state index contributed by atoms with van der Waals surface area (Å²) in [6, 6.07) is 20.0.